The number of halogens is 1. The lowest BCUT2D eigenvalue weighted by atomic mass is 10.4. The van der Waals surface area contributed by atoms with E-state index in [1.807, 2.05) is 24.8 Å². The summed E-state index contributed by atoms with van der Waals surface area (Å²) in [5.41, 5.74) is 1.11. The van der Waals surface area contributed by atoms with Crippen LogP contribution in [0.25, 0.3) is 0 Å². The van der Waals surface area contributed by atoms with E-state index in [0.717, 1.165) is 41.3 Å². The fourth-order valence-corrected chi connectivity index (χ4v) is 2.94. The molecule has 0 radical (unpaired) electrons. The van der Waals surface area contributed by atoms with Gasteiger partial charge >= 0.3 is 0 Å². The van der Waals surface area contributed by atoms with Crippen LogP contribution < -0.4 is 10.6 Å². The van der Waals surface area contributed by atoms with Gasteiger partial charge in [0, 0.05) is 29.5 Å². The number of aliphatic imine (C=N–C) groups is 1. The Balaban J connectivity index is 0.00000400. The van der Waals surface area contributed by atoms with Gasteiger partial charge in [0.1, 0.15) is 5.01 Å². The molecule has 0 aliphatic heterocycles. The van der Waals surface area contributed by atoms with Crippen molar-refractivity contribution in [1.29, 1.82) is 0 Å². The predicted octanol–water partition coefficient (Wildman–Crippen LogP) is 3.35. The Labute approximate surface area is 153 Å². The van der Waals surface area contributed by atoms with E-state index in [1.165, 1.54) is 4.88 Å². The van der Waals surface area contributed by atoms with Crippen LogP contribution >= 0.6 is 47.1 Å². The third-order valence-electron chi connectivity index (χ3n) is 2.56. The number of rotatable bonds is 8. The summed E-state index contributed by atoms with van der Waals surface area (Å²) in [6, 6.07) is 0. The molecule has 0 amide bonds. The first-order valence-corrected chi connectivity index (χ1v) is 8.78. The summed E-state index contributed by atoms with van der Waals surface area (Å²) >= 11 is 3.58. The minimum Gasteiger partial charge on any atom is -0.357 e. The molecule has 0 fully saturated rings. The summed E-state index contributed by atoms with van der Waals surface area (Å²) in [4.78, 5) is 10.3. The normalized spacial score (nSPS) is 10.9. The Bertz CT molecular complexity index is 427. The van der Waals surface area contributed by atoms with E-state index in [9.17, 15) is 0 Å². The second-order valence-electron chi connectivity index (χ2n) is 4.23. The number of aryl methyl sites for hydroxylation is 2. The molecule has 0 atom stereocenters. The first-order valence-electron chi connectivity index (χ1n) is 6.81. The minimum absolute atomic E-state index is 0. The maximum Gasteiger partial charge on any atom is 0.191 e. The zero-order chi connectivity index (χ0) is 14.8. The van der Waals surface area contributed by atoms with Crippen molar-refractivity contribution in [3.05, 3.63) is 28.2 Å². The Kier molecular flexibility index (Phi) is 12.1. The molecule has 4 nitrogen and oxygen atoms in total. The summed E-state index contributed by atoms with van der Waals surface area (Å²) in [7, 11) is 0. The summed E-state index contributed by atoms with van der Waals surface area (Å²) < 4.78 is 0. The number of nitrogens with one attached hydrogen (secondary N) is 2. The molecule has 7 heteroatoms. The molecule has 21 heavy (non-hydrogen) atoms. The average molecular weight is 440 g/mol. The van der Waals surface area contributed by atoms with Crippen molar-refractivity contribution in [3.63, 3.8) is 0 Å². The van der Waals surface area contributed by atoms with E-state index in [-0.39, 0.29) is 24.0 Å². The van der Waals surface area contributed by atoms with Crippen molar-refractivity contribution in [2.24, 2.45) is 4.99 Å². The van der Waals surface area contributed by atoms with Crippen molar-refractivity contribution in [1.82, 2.24) is 15.6 Å². The lowest BCUT2D eigenvalue weighted by Crippen LogP contribution is -2.38. The van der Waals surface area contributed by atoms with E-state index in [0.29, 0.717) is 6.54 Å². The Hall–Kier alpha value is -0.280. The summed E-state index contributed by atoms with van der Waals surface area (Å²) in [5.74, 6) is 2.90. The highest BCUT2D eigenvalue weighted by molar-refractivity contribution is 14.0. The van der Waals surface area contributed by atoms with Gasteiger partial charge in [0.15, 0.2) is 5.96 Å². The van der Waals surface area contributed by atoms with Gasteiger partial charge in [-0.2, -0.15) is 11.8 Å². The lowest BCUT2D eigenvalue weighted by molar-refractivity contribution is 0.841. The topological polar surface area (TPSA) is 49.3 Å². The van der Waals surface area contributed by atoms with Gasteiger partial charge in [-0.15, -0.1) is 41.9 Å². The largest absolute Gasteiger partial charge is 0.357 e. The average Bonchev–Trinajstić information content (AvgIpc) is 2.75. The predicted molar refractivity (Wildman–Crippen MR) is 107 cm³/mol. The van der Waals surface area contributed by atoms with Crippen molar-refractivity contribution < 1.29 is 0 Å². The number of hydrogen-bond donors (Lipinski definition) is 2. The van der Waals surface area contributed by atoms with Crippen molar-refractivity contribution in [3.8, 4) is 0 Å². The van der Waals surface area contributed by atoms with E-state index in [4.69, 9.17) is 0 Å². The molecule has 0 bridgehead atoms. The monoisotopic (exact) mass is 440 g/mol. The van der Waals surface area contributed by atoms with Gasteiger partial charge < -0.3 is 10.6 Å². The molecule has 1 aromatic rings. The molecule has 0 unspecified atom stereocenters. The summed E-state index contributed by atoms with van der Waals surface area (Å²) in [5, 5.41) is 7.65. The van der Waals surface area contributed by atoms with Crippen molar-refractivity contribution in [2.75, 3.05) is 24.6 Å². The number of thioether (sulfide) groups is 1. The SMILES string of the molecule is C=CCSCCNC(=NCc1nc(C)c(C)s1)NCC.I. The van der Waals surface area contributed by atoms with Gasteiger partial charge in [-0.25, -0.2) is 9.98 Å². The quantitative estimate of drug-likeness (QED) is 0.214. The first kappa shape index (κ1) is 20.7. The molecule has 1 aromatic heterocycles. The highest BCUT2D eigenvalue weighted by Crippen LogP contribution is 2.16. The van der Waals surface area contributed by atoms with Crippen LogP contribution in [-0.4, -0.2) is 35.5 Å². The first-order chi connectivity index (χ1) is 9.67. The van der Waals surface area contributed by atoms with Gasteiger partial charge in [0.25, 0.3) is 0 Å². The highest BCUT2D eigenvalue weighted by Gasteiger charge is 2.03. The molecule has 120 valence electrons. The Morgan fingerprint density at radius 3 is 2.76 bits per heavy atom. The highest BCUT2D eigenvalue weighted by atomic mass is 127. The van der Waals surface area contributed by atoms with Crippen LogP contribution in [0, 0.1) is 13.8 Å². The molecular formula is C14H25IN4S2. The van der Waals surface area contributed by atoms with Crippen LogP contribution in [0.3, 0.4) is 0 Å². The zero-order valence-corrected chi connectivity index (χ0v) is 16.9. The fraction of sp³-hybridized carbons (Fsp3) is 0.571. The van der Waals surface area contributed by atoms with Gasteiger partial charge in [0.05, 0.1) is 12.2 Å². The molecule has 0 saturated carbocycles. The van der Waals surface area contributed by atoms with Crippen LogP contribution in [-0.2, 0) is 6.54 Å². The maximum absolute atomic E-state index is 4.57. The van der Waals surface area contributed by atoms with E-state index in [2.05, 4.69) is 41.0 Å². The third-order valence-corrected chi connectivity index (χ3v) is 4.59. The molecule has 0 aromatic carbocycles. The Morgan fingerprint density at radius 2 is 2.19 bits per heavy atom. The number of hydrogen-bond acceptors (Lipinski definition) is 4. The molecule has 0 saturated heterocycles. The van der Waals surface area contributed by atoms with Gasteiger partial charge in [0.2, 0.25) is 0 Å². The molecule has 2 N–H and O–H groups in total. The minimum atomic E-state index is 0. The second kappa shape index (κ2) is 12.3. The summed E-state index contributed by atoms with van der Waals surface area (Å²) in [6.07, 6.45) is 1.93. The van der Waals surface area contributed by atoms with E-state index < -0.39 is 0 Å². The van der Waals surface area contributed by atoms with Crippen LogP contribution in [0.1, 0.15) is 22.5 Å². The van der Waals surface area contributed by atoms with Crippen LogP contribution in [0.15, 0.2) is 17.6 Å². The van der Waals surface area contributed by atoms with Crippen molar-refractivity contribution >= 4 is 53.0 Å². The van der Waals surface area contributed by atoms with Crippen LogP contribution in [0.2, 0.25) is 0 Å². The van der Waals surface area contributed by atoms with E-state index in [1.54, 1.807) is 11.3 Å². The van der Waals surface area contributed by atoms with Crippen LogP contribution in [0.4, 0.5) is 0 Å². The number of nitrogens with zero attached hydrogens (tertiary/aromatic N) is 2. The summed E-state index contributed by atoms with van der Waals surface area (Å²) in [6.45, 7) is 12.3. The number of guanidine groups is 1. The lowest BCUT2D eigenvalue weighted by Gasteiger charge is -2.10. The molecule has 0 aliphatic rings. The maximum atomic E-state index is 4.57. The fourth-order valence-electron chi connectivity index (χ4n) is 1.50. The Morgan fingerprint density at radius 1 is 1.43 bits per heavy atom. The van der Waals surface area contributed by atoms with Gasteiger partial charge in [-0.1, -0.05) is 6.08 Å². The van der Waals surface area contributed by atoms with E-state index >= 15 is 0 Å². The smallest absolute Gasteiger partial charge is 0.191 e. The molecule has 1 heterocycles. The second-order valence-corrected chi connectivity index (χ2v) is 6.67. The molecular weight excluding hydrogens is 415 g/mol. The molecule has 1 rings (SSSR count). The number of aromatic nitrogens is 1. The third kappa shape index (κ3) is 8.67. The van der Waals surface area contributed by atoms with Crippen molar-refractivity contribution in [2.45, 2.75) is 27.3 Å². The molecule has 0 spiro atoms. The zero-order valence-electron chi connectivity index (χ0n) is 12.9. The van der Waals surface area contributed by atoms with Gasteiger partial charge in [-0.3, -0.25) is 0 Å². The van der Waals surface area contributed by atoms with Gasteiger partial charge in [-0.05, 0) is 20.8 Å². The standard InChI is InChI=1S/C14H24N4S2.HI/c1-5-8-19-9-7-16-14(15-6-2)17-10-13-18-11(3)12(4)20-13;/h5H,1,6-10H2,2-4H3,(H2,15,16,17);1H. The van der Waals surface area contributed by atoms with Crippen LogP contribution in [0.5, 0.6) is 0 Å². The number of thiazole rings is 1. The molecule has 0 aliphatic carbocycles.